The van der Waals surface area contributed by atoms with E-state index in [2.05, 4.69) is 0 Å². The number of carbonyl (C=O) groups excluding carboxylic acids is 7. The Labute approximate surface area is 449 Å². The second-order valence-corrected chi connectivity index (χ2v) is 19.3. The molecule has 19 heteroatoms. The van der Waals surface area contributed by atoms with E-state index in [1.54, 1.807) is 48.5 Å². The Morgan fingerprint density at radius 3 is 1.09 bits per heavy atom. The van der Waals surface area contributed by atoms with Crippen LogP contribution in [0, 0.1) is 0 Å². The molecule has 7 amide bonds. The average molecular weight is 1070 g/mol. The second-order valence-electron chi connectivity index (χ2n) is 19.3. The van der Waals surface area contributed by atoms with E-state index in [1.165, 1.54) is 14.7 Å². The number of ether oxygens (including phenoxy) is 2. The zero-order valence-electron chi connectivity index (χ0n) is 42.8. The van der Waals surface area contributed by atoms with Crippen LogP contribution in [0.2, 0.25) is 0 Å². The van der Waals surface area contributed by atoms with E-state index in [1.807, 2.05) is 84.9 Å². The van der Waals surface area contributed by atoms with Crippen molar-refractivity contribution in [2.75, 3.05) is 52.9 Å². The molecule has 0 aromatic heterocycles. The van der Waals surface area contributed by atoms with Crippen molar-refractivity contribution in [3.63, 3.8) is 0 Å². The minimum absolute atomic E-state index is 0.103. The molecule has 1 N–H and O–H groups in total. The summed E-state index contributed by atoms with van der Waals surface area (Å²) >= 11 is 0. The number of rotatable bonds is 16. The summed E-state index contributed by atoms with van der Waals surface area (Å²) in [5, 5.41) is 9.28. The van der Waals surface area contributed by atoms with Gasteiger partial charge in [0.2, 0.25) is 17.7 Å². The molecule has 5 aromatic carbocycles. The van der Waals surface area contributed by atoms with Gasteiger partial charge in [0.1, 0.15) is 25.3 Å². The maximum absolute atomic E-state index is 13.6. The summed E-state index contributed by atoms with van der Waals surface area (Å²) in [6.07, 6.45) is 0.447. The van der Waals surface area contributed by atoms with Crippen molar-refractivity contribution in [3.8, 4) is 0 Å². The van der Waals surface area contributed by atoms with Crippen molar-refractivity contribution in [1.29, 1.82) is 0 Å². The highest BCUT2D eigenvalue weighted by molar-refractivity contribution is 6.01. The molecule has 5 aliphatic rings. The van der Waals surface area contributed by atoms with Gasteiger partial charge in [0, 0.05) is 19.6 Å². The van der Waals surface area contributed by atoms with Crippen molar-refractivity contribution >= 4 is 47.7 Å². The smallest absolute Gasteiger partial charge is 0.417 e. The minimum atomic E-state index is -1.07. The lowest BCUT2D eigenvalue weighted by atomic mass is 9.90. The maximum atomic E-state index is 13.6. The quantitative estimate of drug-likeness (QED) is 0.102. The van der Waals surface area contributed by atoms with Crippen LogP contribution in [0.3, 0.4) is 0 Å². The normalized spacial score (nSPS) is 20.3. The number of amides is 7. The second kappa shape index (κ2) is 26.1. The topological polar surface area (TPSA) is 191 Å². The molecule has 5 aromatic rings. The van der Waals surface area contributed by atoms with Crippen molar-refractivity contribution in [2.45, 2.75) is 81.6 Å². The zero-order valence-corrected chi connectivity index (χ0v) is 42.8. The van der Waals surface area contributed by atoms with Crippen LogP contribution in [0.15, 0.2) is 133 Å². The van der Waals surface area contributed by atoms with Crippen molar-refractivity contribution in [2.24, 2.45) is 0 Å². The van der Waals surface area contributed by atoms with Crippen LogP contribution in [-0.4, -0.2) is 142 Å². The summed E-state index contributed by atoms with van der Waals surface area (Å²) in [6, 6.07) is 36.7. The molecule has 2 saturated heterocycles. The van der Waals surface area contributed by atoms with Gasteiger partial charge in [-0.2, -0.15) is 0 Å². The number of hydrogen-bond donors (Lipinski definition) is 1. The summed E-state index contributed by atoms with van der Waals surface area (Å²) < 4.78 is 48.3. The van der Waals surface area contributed by atoms with Gasteiger partial charge in [-0.1, -0.05) is 133 Å². The molecule has 0 bridgehead atoms. The third kappa shape index (κ3) is 12.6. The molecule has 5 heterocycles. The van der Waals surface area contributed by atoms with E-state index in [0.29, 0.717) is 29.5 Å². The Kier molecular flexibility index (Phi) is 18.7. The molecule has 0 aliphatic carbocycles. The van der Waals surface area contributed by atoms with Gasteiger partial charge in [-0.25, -0.2) is 24.2 Å². The Bertz CT molecular complexity index is 2830. The predicted octanol–water partition coefficient (Wildman–Crippen LogP) is 7.68. The number of halogens is 3. The van der Waals surface area contributed by atoms with Gasteiger partial charge in [-0.15, -0.1) is 0 Å². The number of imide groups is 2. The van der Waals surface area contributed by atoms with Crippen LogP contribution in [0.1, 0.15) is 81.9 Å². The number of carboxylic acids is 1. The summed E-state index contributed by atoms with van der Waals surface area (Å²) in [7, 11) is 0. The fourth-order valence-corrected chi connectivity index (χ4v) is 10.7. The number of fused-ring (bicyclic) bond motifs is 3. The highest BCUT2D eigenvalue weighted by atomic mass is 19.1. The third-order valence-corrected chi connectivity index (χ3v) is 14.3. The van der Waals surface area contributed by atoms with Crippen LogP contribution < -0.4 is 0 Å². The van der Waals surface area contributed by atoms with Crippen molar-refractivity contribution in [3.05, 3.63) is 178 Å². The Morgan fingerprint density at radius 2 is 0.756 bits per heavy atom. The SMILES string of the molecule is O=C(O)C1c2ccccc2CC(=O)N1CCCF.O=C1Cc2ccccc2[C@@H](C(=O)N2C(=O)OC[C@@H]2Cc2ccccc2)N1CCCF.O=C1Cc2ccccc2[C@H](C(=O)N2C(=O)OC[C@@H]2Cc2ccccc2)N1CCCF. The van der Waals surface area contributed by atoms with Gasteiger partial charge in [0.15, 0.2) is 6.04 Å². The van der Waals surface area contributed by atoms with Gasteiger partial charge < -0.3 is 29.3 Å². The number of aliphatic carboxylic acids is 1. The standard InChI is InChI=1S/2C23H23FN2O4.C13H14FNO3/c2*24-11-6-12-25-20(27)14-17-9-4-5-10-19(17)21(25)22(28)26-18(15-30-23(26)29)13-16-7-2-1-3-8-16;14-6-3-7-15-11(16)8-9-4-1-2-5-10(9)12(15)13(17)18/h2*1-5,7-10,18,21H,6,11-15H2;1-2,4-5,12H,3,6-8H2,(H,17,18)/t18-,21+;18-,21-;/m00./s1. The summed E-state index contributed by atoms with van der Waals surface area (Å²) in [6.45, 7) is -1.15. The molecule has 0 saturated carbocycles. The van der Waals surface area contributed by atoms with Crippen molar-refractivity contribution in [1.82, 2.24) is 24.5 Å². The van der Waals surface area contributed by atoms with Gasteiger partial charge in [0.25, 0.3) is 11.8 Å². The van der Waals surface area contributed by atoms with Gasteiger partial charge in [0.05, 0.1) is 51.4 Å². The first kappa shape index (κ1) is 55.9. The van der Waals surface area contributed by atoms with Crippen LogP contribution in [0.5, 0.6) is 0 Å². The van der Waals surface area contributed by atoms with Crippen LogP contribution >= 0.6 is 0 Å². The number of cyclic esters (lactones) is 2. The fourth-order valence-electron chi connectivity index (χ4n) is 10.7. The van der Waals surface area contributed by atoms with Crippen LogP contribution in [-0.2, 0) is 70.3 Å². The van der Waals surface area contributed by atoms with Gasteiger partial charge in [-0.05, 0) is 76.6 Å². The molecule has 10 rings (SSSR count). The number of benzene rings is 5. The molecular formula is C59H60F3N5O11. The molecule has 5 aliphatic heterocycles. The number of carboxylic acid groups (broad SMARTS) is 1. The molecule has 5 atom stereocenters. The number of hydrogen-bond acceptors (Lipinski definition) is 10. The number of carbonyl (C=O) groups is 8. The van der Waals surface area contributed by atoms with Gasteiger partial charge >= 0.3 is 18.2 Å². The Balaban J connectivity index is 0.000000160. The summed E-state index contributed by atoms with van der Waals surface area (Å²) in [5.41, 5.74) is 6.20. The molecule has 1 unspecified atom stereocenters. The van der Waals surface area contributed by atoms with E-state index in [0.717, 1.165) is 37.6 Å². The van der Waals surface area contributed by atoms with E-state index >= 15 is 0 Å². The van der Waals surface area contributed by atoms with Crippen LogP contribution in [0.4, 0.5) is 22.8 Å². The lowest BCUT2D eigenvalue weighted by molar-refractivity contribution is -0.151. The third-order valence-electron chi connectivity index (χ3n) is 14.3. The zero-order chi connectivity index (χ0) is 55.3. The fraction of sp³-hybridized carbons (Fsp3) is 0.356. The number of alkyl halides is 3. The highest BCUT2D eigenvalue weighted by Crippen LogP contribution is 2.37. The number of nitrogens with zero attached hydrogens (tertiary/aromatic N) is 5. The largest absolute Gasteiger partial charge is 0.479 e. The van der Waals surface area contributed by atoms with Crippen molar-refractivity contribution < 1.29 is 66.1 Å². The Hall–Kier alpha value is -8.35. The average Bonchev–Trinajstić information content (AvgIpc) is 4.10. The lowest BCUT2D eigenvalue weighted by Gasteiger charge is -2.38. The van der Waals surface area contributed by atoms with E-state index in [4.69, 9.17) is 9.47 Å². The molecule has 0 spiro atoms. The predicted molar refractivity (Wildman–Crippen MR) is 277 cm³/mol. The van der Waals surface area contributed by atoms with E-state index in [-0.39, 0.29) is 89.1 Å². The first-order valence-electron chi connectivity index (χ1n) is 25.9. The van der Waals surface area contributed by atoms with Crippen LogP contribution in [0.25, 0.3) is 0 Å². The van der Waals surface area contributed by atoms with E-state index in [9.17, 15) is 56.6 Å². The minimum Gasteiger partial charge on any atom is -0.479 e. The molecule has 2 fully saturated rings. The molecule has 408 valence electrons. The molecular weight excluding hydrogens is 1010 g/mol. The summed E-state index contributed by atoms with van der Waals surface area (Å²) in [5.74, 6) is -2.82. The molecule has 16 nitrogen and oxygen atoms in total. The lowest BCUT2D eigenvalue weighted by Crippen LogP contribution is -2.51. The monoisotopic (exact) mass is 1070 g/mol. The summed E-state index contributed by atoms with van der Waals surface area (Å²) in [4.78, 5) is 107. The molecule has 0 radical (unpaired) electrons. The first-order valence-corrected chi connectivity index (χ1v) is 25.9. The first-order chi connectivity index (χ1) is 37.8. The van der Waals surface area contributed by atoms with E-state index < -0.39 is 80.2 Å². The molecule has 78 heavy (non-hydrogen) atoms. The maximum Gasteiger partial charge on any atom is 0.417 e. The Morgan fingerprint density at radius 1 is 0.449 bits per heavy atom. The van der Waals surface area contributed by atoms with Gasteiger partial charge in [-0.3, -0.25) is 37.1 Å². The highest BCUT2D eigenvalue weighted by Gasteiger charge is 2.48.